The van der Waals surface area contributed by atoms with Gasteiger partial charge in [0.05, 0.1) is 6.07 Å². The average Bonchev–Trinajstić information content (AvgIpc) is 2.34. The van der Waals surface area contributed by atoms with E-state index in [1.165, 1.54) is 17.6 Å². The molecular formula is C15H17N. The monoisotopic (exact) mass is 211 g/mol. The molecule has 0 aromatic heterocycles. The van der Waals surface area contributed by atoms with Gasteiger partial charge in [0.2, 0.25) is 0 Å². The summed E-state index contributed by atoms with van der Waals surface area (Å²) in [6.45, 7) is 2.17. The van der Waals surface area contributed by atoms with Crippen LogP contribution >= 0.6 is 0 Å². The first-order chi connectivity index (χ1) is 7.86. The second-order valence-electron chi connectivity index (χ2n) is 3.70. The highest BCUT2D eigenvalue weighted by molar-refractivity contribution is 5.55. The van der Waals surface area contributed by atoms with E-state index in [9.17, 15) is 0 Å². The molecule has 0 atom stereocenters. The van der Waals surface area contributed by atoms with E-state index in [0.717, 1.165) is 12.8 Å². The van der Waals surface area contributed by atoms with Crippen molar-refractivity contribution < 1.29 is 0 Å². The Hall–Kier alpha value is -1.81. The first-order valence-electron chi connectivity index (χ1n) is 5.68. The fraction of sp³-hybridized carbons (Fsp3) is 0.267. The number of hydrogen-bond acceptors (Lipinski definition) is 1. The Morgan fingerprint density at radius 3 is 2.69 bits per heavy atom. The molecule has 16 heavy (non-hydrogen) atoms. The lowest BCUT2D eigenvalue weighted by atomic mass is 10.0. The Bertz CT molecular complexity index is 393. The van der Waals surface area contributed by atoms with Gasteiger partial charge in [-0.05, 0) is 30.1 Å². The minimum atomic E-state index is 1.03. The van der Waals surface area contributed by atoms with E-state index in [2.05, 4.69) is 25.1 Å². The van der Waals surface area contributed by atoms with Crippen LogP contribution in [0.25, 0.3) is 6.08 Å². The molecule has 1 aromatic carbocycles. The quantitative estimate of drug-likeness (QED) is 0.525. The summed E-state index contributed by atoms with van der Waals surface area (Å²) < 4.78 is 0. The molecular weight excluding hydrogens is 194 g/mol. The van der Waals surface area contributed by atoms with Crippen molar-refractivity contribution in [3.8, 4) is 6.07 Å². The van der Waals surface area contributed by atoms with E-state index in [4.69, 9.17) is 5.26 Å². The summed E-state index contributed by atoms with van der Waals surface area (Å²) >= 11 is 0. The van der Waals surface area contributed by atoms with Crippen LogP contribution in [0.3, 0.4) is 0 Å². The van der Waals surface area contributed by atoms with Gasteiger partial charge in [0.25, 0.3) is 0 Å². The summed E-state index contributed by atoms with van der Waals surface area (Å²) in [5, 5.41) is 8.54. The zero-order valence-electron chi connectivity index (χ0n) is 9.69. The zero-order chi connectivity index (χ0) is 11.6. The molecule has 0 radical (unpaired) electrons. The Kier molecular flexibility index (Phi) is 5.73. The number of nitrogens with zero attached hydrogens (tertiary/aromatic N) is 1. The van der Waals surface area contributed by atoms with Gasteiger partial charge in [-0.15, -0.1) is 0 Å². The van der Waals surface area contributed by atoms with Gasteiger partial charge in [-0.3, -0.25) is 0 Å². The summed E-state index contributed by atoms with van der Waals surface area (Å²) in [6, 6.07) is 12.2. The molecule has 1 heteroatoms. The highest BCUT2D eigenvalue weighted by Gasteiger charge is 1.93. The molecule has 0 bridgehead atoms. The van der Waals surface area contributed by atoms with E-state index in [-0.39, 0.29) is 0 Å². The summed E-state index contributed by atoms with van der Waals surface area (Å²) in [7, 11) is 0. The van der Waals surface area contributed by atoms with Crippen molar-refractivity contribution in [3.05, 3.63) is 53.6 Å². The maximum Gasteiger partial charge on any atom is 0.0912 e. The van der Waals surface area contributed by atoms with E-state index >= 15 is 0 Å². The molecule has 0 saturated carbocycles. The summed E-state index contributed by atoms with van der Waals surface area (Å²) in [4.78, 5) is 0. The lowest BCUT2D eigenvalue weighted by Gasteiger charge is -2.01. The van der Waals surface area contributed by atoms with Crippen LogP contribution in [-0.2, 0) is 0 Å². The molecule has 0 aliphatic carbocycles. The topological polar surface area (TPSA) is 23.8 Å². The zero-order valence-corrected chi connectivity index (χ0v) is 9.69. The summed E-state index contributed by atoms with van der Waals surface area (Å²) in [5.74, 6) is 0. The number of benzene rings is 1. The van der Waals surface area contributed by atoms with Gasteiger partial charge in [-0.2, -0.15) is 5.26 Å². The second kappa shape index (κ2) is 7.48. The van der Waals surface area contributed by atoms with Gasteiger partial charge in [-0.1, -0.05) is 49.8 Å². The van der Waals surface area contributed by atoms with Crippen molar-refractivity contribution in [1.82, 2.24) is 0 Å². The molecule has 1 aromatic rings. The van der Waals surface area contributed by atoms with Crippen molar-refractivity contribution in [3.63, 3.8) is 0 Å². The van der Waals surface area contributed by atoms with E-state index in [0.29, 0.717) is 0 Å². The lowest BCUT2D eigenvalue weighted by molar-refractivity contribution is 0.800. The van der Waals surface area contributed by atoms with Crippen LogP contribution in [-0.4, -0.2) is 0 Å². The molecule has 1 nitrogen and oxygen atoms in total. The van der Waals surface area contributed by atoms with Crippen LogP contribution in [0.2, 0.25) is 0 Å². The van der Waals surface area contributed by atoms with Crippen molar-refractivity contribution in [1.29, 1.82) is 5.26 Å². The molecule has 0 fully saturated rings. The highest BCUT2D eigenvalue weighted by atomic mass is 14.2. The fourth-order valence-corrected chi connectivity index (χ4v) is 1.49. The molecule has 0 aliphatic rings. The Morgan fingerprint density at radius 2 is 2.06 bits per heavy atom. The van der Waals surface area contributed by atoms with E-state index in [1.54, 1.807) is 6.08 Å². The molecule has 0 saturated heterocycles. The highest BCUT2D eigenvalue weighted by Crippen LogP contribution is 2.14. The van der Waals surface area contributed by atoms with E-state index < -0.39 is 0 Å². The second-order valence-corrected chi connectivity index (χ2v) is 3.70. The van der Waals surface area contributed by atoms with Crippen LogP contribution in [0.5, 0.6) is 0 Å². The SMILES string of the molecule is CCCCC(C=CC#N)=Cc1ccccc1. The maximum absolute atomic E-state index is 8.54. The lowest BCUT2D eigenvalue weighted by Crippen LogP contribution is -1.80. The number of unbranched alkanes of at least 4 members (excludes halogenated alkanes) is 1. The van der Waals surface area contributed by atoms with Gasteiger partial charge >= 0.3 is 0 Å². The van der Waals surface area contributed by atoms with Crippen LogP contribution in [0, 0.1) is 11.3 Å². The molecule has 0 amide bonds. The van der Waals surface area contributed by atoms with Crippen molar-refractivity contribution in [2.45, 2.75) is 26.2 Å². The van der Waals surface area contributed by atoms with Crippen molar-refractivity contribution >= 4 is 6.08 Å². The first-order valence-corrected chi connectivity index (χ1v) is 5.68. The maximum atomic E-state index is 8.54. The molecule has 0 aliphatic heterocycles. The van der Waals surface area contributed by atoms with Gasteiger partial charge in [-0.25, -0.2) is 0 Å². The average molecular weight is 211 g/mol. The Morgan fingerprint density at radius 1 is 1.31 bits per heavy atom. The number of hydrogen-bond donors (Lipinski definition) is 0. The Labute approximate surface area is 97.7 Å². The van der Waals surface area contributed by atoms with Crippen LogP contribution in [0.1, 0.15) is 31.7 Å². The summed E-state index contributed by atoms with van der Waals surface area (Å²) in [5.41, 5.74) is 2.41. The van der Waals surface area contributed by atoms with Gasteiger partial charge in [0.15, 0.2) is 0 Å². The number of nitriles is 1. The minimum Gasteiger partial charge on any atom is -0.193 e. The molecule has 0 heterocycles. The fourth-order valence-electron chi connectivity index (χ4n) is 1.49. The van der Waals surface area contributed by atoms with Gasteiger partial charge in [0, 0.05) is 6.08 Å². The smallest absolute Gasteiger partial charge is 0.0912 e. The van der Waals surface area contributed by atoms with Crippen molar-refractivity contribution in [2.75, 3.05) is 0 Å². The minimum absolute atomic E-state index is 1.03. The molecule has 0 N–H and O–H groups in total. The Balaban J connectivity index is 2.79. The standard InChI is InChI=1S/C15H17N/c1-2-3-8-14(11-7-12-16)13-15-9-5-4-6-10-15/h4-7,9-11,13H,2-3,8H2,1H3. The first kappa shape index (κ1) is 12.3. The van der Waals surface area contributed by atoms with Gasteiger partial charge in [0.1, 0.15) is 0 Å². The normalized spacial score (nSPS) is 11.6. The molecule has 1 rings (SSSR count). The third kappa shape index (κ3) is 4.61. The predicted molar refractivity (Wildman–Crippen MR) is 68.7 cm³/mol. The molecule has 0 spiro atoms. The molecule has 0 unspecified atom stereocenters. The number of rotatable bonds is 5. The van der Waals surface area contributed by atoms with Crippen LogP contribution < -0.4 is 0 Å². The predicted octanol–water partition coefficient (Wildman–Crippen LogP) is 4.34. The van der Waals surface area contributed by atoms with Crippen molar-refractivity contribution in [2.24, 2.45) is 0 Å². The van der Waals surface area contributed by atoms with Gasteiger partial charge < -0.3 is 0 Å². The number of allylic oxidation sites excluding steroid dienone is 3. The van der Waals surface area contributed by atoms with E-state index in [1.807, 2.05) is 30.3 Å². The van der Waals surface area contributed by atoms with Crippen LogP contribution in [0.4, 0.5) is 0 Å². The third-order valence-corrected chi connectivity index (χ3v) is 2.34. The summed E-state index contributed by atoms with van der Waals surface area (Å²) in [6.07, 6.45) is 8.96. The largest absolute Gasteiger partial charge is 0.193 e. The van der Waals surface area contributed by atoms with Crippen LogP contribution in [0.15, 0.2) is 48.1 Å². The molecule has 82 valence electrons. The third-order valence-electron chi connectivity index (χ3n) is 2.34.